The lowest BCUT2D eigenvalue weighted by Gasteiger charge is -2.16. The summed E-state index contributed by atoms with van der Waals surface area (Å²) in [6.07, 6.45) is 5.66. The minimum Gasteiger partial charge on any atom is -0.332 e. The number of nitrogens with one attached hydrogen (secondary N) is 1. The number of imidazole rings is 1. The van der Waals surface area contributed by atoms with E-state index in [1.807, 2.05) is 6.92 Å². The monoisotopic (exact) mass is 246 g/mol. The molecular formula is C14H22N4. The third kappa shape index (κ3) is 2.73. The van der Waals surface area contributed by atoms with E-state index in [0.717, 1.165) is 38.2 Å². The average Bonchev–Trinajstić information content (AvgIpc) is 2.70. The van der Waals surface area contributed by atoms with Crippen LogP contribution in [0.2, 0.25) is 0 Å². The van der Waals surface area contributed by atoms with Gasteiger partial charge in [0, 0.05) is 12.2 Å². The number of aryl methyl sites for hydroxylation is 2. The fourth-order valence-corrected chi connectivity index (χ4v) is 2.75. The molecule has 0 bridgehead atoms. The van der Waals surface area contributed by atoms with Gasteiger partial charge in [0.25, 0.3) is 0 Å². The van der Waals surface area contributed by atoms with Crippen molar-refractivity contribution in [1.29, 1.82) is 5.26 Å². The summed E-state index contributed by atoms with van der Waals surface area (Å²) >= 11 is 0. The van der Waals surface area contributed by atoms with E-state index >= 15 is 0 Å². The number of hydrogen-bond donors (Lipinski definition) is 1. The summed E-state index contributed by atoms with van der Waals surface area (Å²) in [6.45, 7) is 5.86. The first-order chi connectivity index (χ1) is 8.76. The molecule has 0 aromatic carbocycles. The molecule has 2 rings (SSSR count). The smallest absolute Gasteiger partial charge is 0.106 e. The summed E-state index contributed by atoms with van der Waals surface area (Å²) in [5, 5.41) is 12.3. The molecule has 0 radical (unpaired) electrons. The predicted molar refractivity (Wildman–Crippen MR) is 71.3 cm³/mol. The lowest BCUT2D eigenvalue weighted by Crippen LogP contribution is -2.28. The van der Waals surface area contributed by atoms with Crippen molar-refractivity contribution in [3.63, 3.8) is 0 Å². The van der Waals surface area contributed by atoms with Gasteiger partial charge in [-0.05, 0) is 45.6 Å². The first kappa shape index (κ1) is 13.1. The van der Waals surface area contributed by atoms with Crippen molar-refractivity contribution in [2.24, 2.45) is 0 Å². The Balaban J connectivity index is 2.05. The van der Waals surface area contributed by atoms with Crippen molar-refractivity contribution in [3.8, 4) is 6.07 Å². The van der Waals surface area contributed by atoms with Gasteiger partial charge in [-0.25, -0.2) is 4.98 Å². The van der Waals surface area contributed by atoms with Gasteiger partial charge in [0.1, 0.15) is 5.82 Å². The van der Waals surface area contributed by atoms with Crippen LogP contribution in [0.1, 0.15) is 43.4 Å². The molecule has 98 valence electrons. The van der Waals surface area contributed by atoms with Crippen LogP contribution in [0.5, 0.6) is 0 Å². The Morgan fingerprint density at radius 1 is 1.44 bits per heavy atom. The molecule has 1 aliphatic rings. The van der Waals surface area contributed by atoms with Crippen molar-refractivity contribution < 1.29 is 0 Å². The van der Waals surface area contributed by atoms with E-state index in [4.69, 9.17) is 5.26 Å². The van der Waals surface area contributed by atoms with Gasteiger partial charge in [-0.3, -0.25) is 0 Å². The number of rotatable bonds is 5. The average molecular weight is 246 g/mol. The minimum atomic E-state index is -0.0453. The maximum Gasteiger partial charge on any atom is 0.106 e. The summed E-state index contributed by atoms with van der Waals surface area (Å²) in [5.74, 6) is 1.11. The molecule has 1 aliphatic carbocycles. The summed E-state index contributed by atoms with van der Waals surface area (Å²) in [6, 6.07) is 2.27. The highest BCUT2D eigenvalue weighted by Gasteiger charge is 2.18. The van der Waals surface area contributed by atoms with Crippen LogP contribution < -0.4 is 5.32 Å². The Bertz CT molecular complexity index is 441. The summed E-state index contributed by atoms with van der Waals surface area (Å²) < 4.78 is 2.32. The maximum absolute atomic E-state index is 9.06. The van der Waals surface area contributed by atoms with Crippen LogP contribution in [0, 0.1) is 18.3 Å². The van der Waals surface area contributed by atoms with Crippen molar-refractivity contribution in [2.45, 2.75) is 58.5 Å². The zero-order chi connectivity index (χ0) is 13.0. The molecule has 0 fully saturated rings. The molecule has 1 unspecified atom stereocenters. The number of nitrogens with zero attached hydrogens (tertiary/aromatic N) is 3. The zero-order valence-electron chi connectivity index (χ0n) is 11.4. The third-order valence-electron chi connectivity index (χ3n) is 3.67. The first-order valence-electron chi connectivity index (χ1n) is 6.94. The van der Waals surface area contributed by atoms with Gasteiger partial charge in [-0.1, -0.05) is 6.92 Å². The summed E-state index contributed by atoms with van der Waals surface area (Å²) in [5.41, 5.74) is 2.70. The fourth-order valence-electron chi connectivity index (χ4n) is 2.75. The summed E-state index contributed by atoms with van der Waals surface area (Å²) in [4.78, 5) is 4.66. The van der Waals surface area contributed by atoms with Crippen LogP contribution >= 0.6 is 0 Å². The molecule has 0 saturated heterocycles. The van der Waals surface area contributed by atoms with E-state index in [1.165, 1.54) is 24.2 Å². The van der Waals surface area contributed by atoms with Gasteiger partial charge >= 0.3 is 0 Å². The molecule has 1 aromatic rings. The molecule has 0 saturated carbocycles. The lowest BCUT2D eigenvalue weighted by atomic mass is 10.0. The molecular weight excluding hydrogens is 224 g/mol. The van der Waals surface area contributed by atoms with Gasteiger partial charge in [0.05, 0.1) is 17.8 Å². The van der Waals surface area contributed by atoms with Gasteiger partial charge in [-0.2, -0.15) is 5.26 Å². The van der Waals surface area contributed by atoms with Crippen LogP contribution in [0.25, 0.3) is 0 Å². The van der Waals surface area contributed by atoms with Crippen molar-refractivity contribution >= 4 is 0 Å². The van der Waals surface area contributed by atoms with Crippen LogP contribution in [0.3, 0.4) is 0 Å². The lowest BCUT2D eigenvalue weighted by molar-refractivity contribution is 0.507. The van der Waals surface area contributed by atoms with Crippen molar-refractivity contribution in [1.82, 2.24) is 14.9 Å². The Morgan fingerprint density at radius 3 is 2.94 bits per heavy atom. The number of hydrogen-bond acceptors (Lipinski definition) is 3. The normalized spacial score (nSPS) is 16.1. The van der Waals surface area contributed by atoms with E-state index in [0.29, 0.717) is 0 Å². The minimum absolute atomic E-state index is 0.0453. The highest BCUT2D eigenvalue weighted by atomic mass is 15.1. The Hall–Kier alpha value is -1.34. The van der Waals surface area contributed by atoms with Crippen LogP contribution in [0.4, 0.5) is 0 Å². The number of aromatic nitrogens is 2. The second-order valence-corrected chi connectivity index (χ2v) is 4.94. The van der Waals surface area contributed by atoms with Crippen LogP contribution in [0.15, 0.2) is 0 Å². The van der Waals surface area contributed by atoms with E-state index < -0.39 is 0 Å². The molecule has 0 spiro atoms. The third-order valence-corrected chi connectivity index (χ3v) is 3.67. The number of fused-ring (bicyclic) bond motifs is 1. The standard InChI is InChI=1S/C14H22N4/c1-3-16-12(10-15)8-9-18-11(2)17-13-6-4-5-7-14(13)18/h12,16H,3-9H2,1-2H3. The van der Waals surface area contributed by atoms with E-state index in [2.05, 4.69) is 27.9 Å². The Labute approximate surface area is 109 Å². The number of nitriles is 1. The predicted octanol–water partition coefficient (Wildman–Crippen LogP) is 1.96. The molecule has 1 N–H and O–H groups in total. The van der Waals surface area contributed by atoms with Crippen LogP contribution in [-0.2, 0) is 19.4 Å². The van der Waals surface area contributed by atoms with E-state index in [9.17, 15) is 0 Å². The summed E-state index contributed by atoms with van der Waals surface area (Å²) in [7, 11) is 0. The van der Waals surface area contributed by atoms with Gasteiger partial charge < -0.3 is 9.88 Å². The SMILES string of the molecule is CCNC(C#N)CCn1c(C)nc2c1CCCC2. The quantitative estimate of drug-likeness (QED) is 0.864. The first-order valence-corrected chi connectivity index (χ1v) is 6.94. The van der Waals surface area contributed by atoms with Crippen molar-refractivity contribution in [2.75, 3.05) is 6.54 Å². The maximum atomic E-state index is 9.06. The van der Waals surface area contributed by atoms with Gasteiger partial charge in [-0.15, -0.1) is 0 Å². The zero-order valence-corrected chi connectivity index (χ0v) is 11.4. The topological polar surface area (TPSA) is 53.6 Å². The van der Waals surface area contributed by atoms with E-state index in [-0.39, 0.29) is 6.04 Å². The largest absolute Gasteiger partial charge is 0.332 e. The van der Waals surface area contributed by atoms with Gasteiger partial charge in [0.15, 0.2) is 0 Å². The molecule has 1 atom stereocenters. The molecule has 18 heavy (non-hydrogen) atoms. The molecule has 1 heterocycles. The van der Waals surface area contributed by atoms with Crippen LogP contribution in [-0.4, -0.2) is 22.1 Å². The Kier molecular flexibility index (Phi) is 4.38. The molecule has 0 aliphatic heterocycles. The van der Waals surface area contributed by atoms with Crippen molar-refractivity contribution in [3.05, 3.63) is 17.2 Å². The fraction of sp³-hybridized carbons (Fsp3) is 0.714. The highest BCUT2D eigenvalue weighted by Crippen LogP contribution is 2.22. The molecule has 1 aromatic heterocycles. The molecule has 4 heteroatoms. The second kappa shape index (κ2) is 6.01. The van der Waals surface area contributed by atoms with E-state index in [1.54, 1.807) is 0 Å². The van der Waals surface area contributed by atoms with Gasteiger partial charge in [0.2, 0.25) is 0 Å². The molecule has 0 amide bonds. The molecule has 4 nitrogen and oxygen atoms in total. The Morgan fingerprint density at radius 2 is 2.22 bits per heavy atom. The second-order valence-electron chi connectivity index (χ2n) is 4.94. The highest BCUT2D eigenvalue weighted by molar-refractivity contribution is 5.19.